The molecule has 3 rings (SSSR count). The second-order valence-corrected chi connectivity index (χ2v) is 7.59. The van der Waals surface area contributed by atoms with E-state index in [-0.39, 0.29) is 5.78 Å². The van der Waals surface area contributed by atoms with Gasteiger partial charge in [0.05, 0.1) is 6.61 Å². The molecule has 6 heteroatoms. The first-order valence-corrected chi connectivity index (χ1v) is 12.5. The first kappa shape index (κ1) is 35.7. The van der Waals surface area contributed by atoms with Crippen LogP contribution in [-0.2, 0) is 4.79 Å². The minimum atomic E-state index is -1.23. The van der Waals surface area contributed by atoms with Crippen LogP contribution in [0.1, 0.15) is 67.6 Å². The van der Waals surface area contributed by atoms with Crippen molar-refractivity contribution >= 4 is 11.8 Å². The molecule has 0 saturated carbocycles. The van der Waals surface area contributed by atoms with Gasteiger partial charge in [-0.2, -0.15) is 0 Å². The molecular formula is C31H44O6. The van der Waals surface area contributed by atoms with Gasteiger partial charge in [-0.05, 0) is 51.5 Å². The fraction of sp³-hybridized carbons (Fsp3) is 0.355. The number of benzene rings is 3. The van der Waals surface area contributed by atoms with Gasteiger partial charge in [0.25, 0.3) is 0 Å². The molecule has 3 N–H and O–H groups in total. The van der Waals surface area contributed by atoms with Crippen LogP contribution in [0.2, 0.25) is 0 Å². The molecule has 204 valence electrons. The lowest BCUT2D eigenvalue weighted by atomic mass is 10.0. The summed E-state index contributed by atoms with van der Waals surface area (Å²) >= 11 is 0. The van der Waals surface area contributed by atoms with E-state index in [0.29, 0.717) is 11.1 Å². The third kappa shape index (κ3) is 17.6. The fourth-order valence-corrected chi connectivity index (χ4v) is 2.60. The van der Waals surface area contributed by atoms with E-state index in [0.717, 1.165) is 32.3 Å². The first-order chi connectivity index (χ1) is 17.7. The Labute approximate surface area is 222 Å². The molecule has 0 heterocycles. The maximum Gasteiger partial charge on any atom is 0.332 e. The molecule has 6 nitrogen and oxygen atoms in total. The number of aryl methyl sites for hydroxylation is 2. The zero-order chi connectivity index (χ0) is 28.6. The van der Waals surface area contributed by atoms with E-state index in [1.807, 2.05) is 68.4 Å². The van der Waals surface area contributed by atoms with Gasteiger partial charge in [0.1, 0.15) is 11.9 Å². The normalized spacial score (nSPS) is 9.76. The van der Waals surface area contributed by atoms with Crippen LogP contribution < -0.4 is 4.74 Å². The van der Waals surface area contributed by atoms with Crippen molar-refractivity contribution in [2.45, 2.75) is 60.5 Å². The highest BCUT2D eigenvalue weighted by molar-refractivity contribution is 6.08. The van der Waals surface area contributed by atoms with Gasteiger partial charge in [-0.15, -0.1) is 0 Å². The molecule has 3 aromatic carbocycles. The van der Waals surface area contributed by atoms with Crippen LogP contribution in [0, 0.1) is 13.8 Å². The maximum atomic E-state index is 12.2. The number of ketones is 1. The van der Waals surface area contributed by atoms with Crippen LogP contribution in [0.4, 0.5) is 0 Å². The van der Waals surface area contributed by atoms with Gasteiger partial charge in [0, 0.05) is 18.2 Å². The van der Waals surface area contributed by atoms with Crippen molar-refractivity contribution in [3.05, 3.63) is 101 Å². The average molecular weight is 513 g/mol. The molecule has 0 saturated heterocycles. The summed E-state index contributed by atoms with van der Waals surface area (Å²) in [6.45, 7) is 12.3. The van der Waals surface area contributed by atoms with Crippen LogP contribution in [0.5, 0.6) is 5.75 Å². The predicted octanol–water partition coefficient (Wildman–Crippen LogP) is 6.49. The van der Waals surface area contributed by atoms with E-state index in [1.54, 1.807) is 0 Å². The lowest BCUT2D eigenvalue weighted by Gasteiger charge is -2.06. The molecular weight excluding hydrogens is 468 g/mol. The SMILES string of the molecule is CC.CC(O)C(=O)O.CCCCOc1ccc(C(=O)c2ccccc2)cc1.CO.Cc1cccc(C)c1. The van der Waals surface area contributed by atoms with Crippen LogP contribution in [0.3, 0.4) is 0 Å². The number of aliphatic hydroxyl groups excluding tert-OH is 2. The molecule has 0 aromatic heterocycles. The highest BCUT2D eigenvalue weighted by Crippen LogP contribution is 2.15. The molecule has 0 bridgehead atoms. The van der Waals surface area contributed by atoms with Crippen molar-refractivity contribution in [1.29, 1.82) is 0 Å². The number of carbonyl (C=O) groups is 2. The monoisotopic (exact) mass is 512 g/mol. The average Bonchev–Trinajstić information content (AvgIpc) is 2.92. The summed E-state index contributed by atoms with van der Waals surface area (Å²) in [5, 5.41) is 22.8. The summed E-state index contributed by atoms with van der Waals surface area (Å²) in [5.41, 5.74) is 4.08. The second kappa shape index (κ2) is 23.0. The molecule has 0 spiro atoms. The van der Waals surface area contributed by atoms with Gasteiger partial charge < -0.3 is 20.1 Å². The van der Waals surface area contributed by atoms with Gasteiger partial charge in [-0.25, -0.2) is 4.79 Å². The van der Waals surface area contributed by atoms with E-state index in [2.05, 4.69) is 45.0 Å². The molecule has 0 aliphatic carbocycles. The summed E-state index contributed by atoms with van der Waals surface area (Å²) in [4.78, 5) is 21.6. The van der Waals surface area contributed by atoms with E-state index in [9.17, 15) is 9.59 Å². The predicted molar refractivity (Wildman–Crippen MR) is 151 cm³/mol. The Kier molecular flexibility index (Phi) is 22.1. The van der Waals surface area contributed by atoms with Crippen molar-refractivity contribution in [3.63, 3.8) is 0 Å². The quantitative estimate of drug-likeness (QED) is 0.247. The summed E-state index contributed by atoms with van der Waals surface area (Å²) < 4.78 is 5.58. The minimum absolute atomic E-state index is 0.0423. The number of hydrogen-bond acceptors (Lipinski definition) is 5. The van der Waals surface area contributed by atoms with Crippen molar-refractivity contribution in [2.24, 2.45) is 0 Å². The molecule has 0 fully saturated rings. The molecule has 1 unspecified atom stereocenters. The number of rotatable bonds is 7. The Morgan fingerprint density at radius 1 is 0.811 bits per heavy atom. The van der Waals surface area contributed by atoms with Crippen LogP contribution in [-0.4, -0.2) is 46.9 Å². The van der Waals surface area contributed by atoms with Crippen molar-refractivity contribution in [3.8, 4) is 5.75 Å². The fourth-order valence-electron chi connectivity index (χ4n) is 2.60. The first-order valence-electron chi connectivity index (χ1n) is 12.5. The number of carboxylic acid groups (broad SMARTS) is 1. The maximum absolute atomic E-state index is 12.2. The van der Waals surface area contributed by atoms with Gasteiger partial charge >= 0.3 is 5.97 Å². The third-order valence-electron chi connectivity index (χ3n) is 4.45. The zero-order valence-electron chi connectivity index (χ0n) is 23.3. The number of aliphatic carboxylic acids is 1. The Hall–Kier alpha value is -3.48. The molecule has 37 heavy (non-hydrogen) atoms. The summed E-state index contributed by atoms with van der Waals surface area (Å²) in [6.07, 6.45) is 0.930. The van der Waals surface area contributed by atoms with E-state index in [4.69, 9.17) is 20.1 Å². The summed E-state index contributed by atoms with van der Waals surface area (Å²) in [6, 6.07) is 25.1. The lowest BCUT2D eigenvalue weighted by Crippen LogP contribution is -2.13. The van der Waals surface area contributed by atoms with Crippen LogP contribution in [0.15, 0.2) is 78.9 Å². The van der Waals surface area contributed by atoms with Gasteiger partial charge in [-0.3, -0.25) is 4.79 Å². The molecule has 3 aromatic rings. The van der Waals surface area contributed by atoms with Crippen LogP contribution >= 0.6 is 0 Å². The van der Waals surface area contributed by atoms with Crippen LogP contribution in [0.25, 0.3) is 0 Å². The van der Waals surface area contributed by atoms with Crippen molar-refractivity contribution in [1.82, 2.24) is 0 Å². The zero-order valence-corrected chi connectivity index (χ0v) is 23.3. The Bertz CT molecular complexity index is 949. The summed E-state index contributed by atoms with van der Waals surface area (Å²) in [7, 11) is 1.00. The van der Waals surface area contributed by atoms with Crippen molar-refractivity contribution < 1.29 is 29.6 Å². The molecule has 1 atom stereocenters. The highest BCUT2D eigenvalue weighted by Gasteiger charge is 2.08. The number of carbonyl (C=O) groups excluding carboxylic acids is 1. The number of aliphatic hydroxyl groups is 2. The van der Waals surface area contributed by atoms with E-state index >= 15 is 0 Å². The Morgan fingerprint density at radius 2 is 1.27 bits per heavy atom. The Morgan fingerprint density at radius 3 is 1.65 bits per heavy atom. The van der Waals surface area contributed by atoms with Crippen molar-refractivity contribution in [2.75, 3.05) is 13.7 Å². The third-order valence-corrected chi connectivity index (χ3v) is 4.45. The standard InChI is InChI=1S/C17H18O2.C8H10.C3H6O3.C2H6.CH4O/c1-2-3-13-19-16-11-9-15(10-12-16)17(18)14-7-5-4-6-8-14;1-7-4-3-5-8(2)6-7;1-2(4)3(5)6;2*1-2/h4-12H,2-3,13H2,1H3;3-6H,1-2H3;2,4H,1H3,(H,5,6);1-2H3;2H,1H3. The topological polar surface area (TPSA) is 104 Å². The molecule has 0 aliphatic rings. The van der Waals surface area contributed by atoms with Gasteiger partial charge in [0.2, 0.25) is 0 Å². The number of ether oxygens (including phenoxy) is 1. The number of hydrogen-bond donors (Lipinski definition) is 3. The number of carboxylic acids is 1. The van der Waals surface area contributed by atoms with E-state index in [1.165, 1.54) is 18.1 Å². The number of unbranched alkanes of at least 4 members (excludes halogenated alkanes) is 1. The molecule has 0 radical (unpaired) electrons. The lowest BCUT2D eigenvalue weighted by molar-refractivity contribution is -0.145. The molecule has 0 aliphatic heterocycles. The highest BCUT2D eigenvalue weighted by atomic mass is 16.5. The van der Waals surface area contributed by atoms with E-state index < -0.39 is 12.1 Å². The second-order valence-electron chi connectivity index (χ2n) is 7.59. The van der Waals surface area contributed by atoms with Gasteiger partial charge in [0.15, 0.2) is 5.78 Å². The van der Waals surface area contributed by atoms with Gasteiger partial charge in [-0.1, -0.05) is 92.9 Å². The Balaban J connectivity index is 0. The minimum Gasteiger partial charge on any atom is -0.494 e. The largest absolute Gasteiger partial charge is 0.494 e. The smallest absolute Gasteiger partial charge is 0.332 e. The molecule has 0 amide bonds. The summed E-state index contributed by atoms with van der Waals surface area (Å²) in [5.74, 6) is -0.325.